The van der Waals surface area contributed by atoms with Gasteiger partial charge < -0.3 is 14.8 Å². The van der Waals surface area contributed by atoms with Crippen molar-refractivity contribution >= 4 is 38.4 Å². The average molecular weight is 547 g/mol. The third kappa shape index (κ3) is 4.99. The van der Waals surface area contributed by atoms with Gasteiger partial charge in [-0.1, -0.05) is 11.6 Å². The van der Waals surface area contributed by atoms with Crippen molar-refractivity contribution in [3.63, 3.8) is 0 Å². The second-order valence-electron chi connectivity index (χ2n) is 10.2. The minimum Gasteiger partial charge on any atom is -0.346 e. The Morgan fingerprint density at radius 2 is 1.83 bits per heavy atom. The minimum atomic E-state index is -4.40. The van der Waals surface area contributed by atoms with Crippen LogP contribution in [0.1, 0.15) is 50.1 Å². The molecule has 2 aliphatic carbocycles. The molecule has 1 saturated heterocycles. The van der Waals surface area contributed by atoms with Crippen molar-refractivity contribution in [2.75, 3.05) is 19.6 Å². The first-order valence-corrected chi connectivity index (χ1v) is 14.2. The summed E-state index contributed by atoms with van der Waals surface area (Å²) in [5, 5.41) is 3.93. The first-order valence-electron chi connectivity index (χ1n) is 12.3. The predicted molar refractivity (Wildman–Crippen MR) is 130 cm³/mol. The van der Waals surface area contributed by atoms with E-state index in [1.807, 2.05) is 11.6 Å². The summed E-state index contributed by atoms with van der Waals surface area (Å²) < 4.78 is 70.2. The predicted octanol–water partition coefficient (Wildman–Crippen LogP) is 3.91. The van der Waals surface area contributed by atoms with E-state index >= 15 is 0 Å². The number of nitrogens with zero attached hydrogens (tertiary/aromatic N) is 2. The molecule has 0 unspecified atom stereocenters. The van der Waals surface area contributed by atoms with E-state index in [1.165, 1.54) is 4.90 Å². The molecule has 2 N–H and O–H groups in total. The molecule has 0 spiro atoms. The number of hydrogen-bond acceptors (Lipinski definition) is 4. The van der Waals surface area contributed by atoms with Crippen LogP contribution in [0.2, 0.25) is 5.02 Å². The molecule has 2 aromatic rings. The number of carbonyl (C=O) groups excluding carboxylic acids is 1. The number of halogens is 4. The van der Waals surface area contributed by atoms with Crippen LogP contribution in [0.4, 0.5) is 13.2 Å². The highest BCUT2D eigenvalue weighted by molar-refractivity contribution is 7.89. The Bertz CT molecular complexity index is 1270. The molecule has 0 radical (unpaired) electrons. The third-order valence-electron chi connectivity index (χ3n) is 7.71. The summed E-state index contributed by atoms with van der Waals surface area (Å²) in [6.45, 7) is -0.0427. The monoisotopic (exact) mass is 546 g/mol. The molecule has 1 aliphatic heterocycles. The lowest BCUT2D eigenvalue weighted by atomic mass is 9.85. The number of aryl methyl sites for hydroxylation is 1. The highest BCUT2D eigenvalue weighted by Gasteiger charge is 2.44. The zero-order valence-electron chi connectivity index (χ0n) is 19.9. The van der Waals surface area contributed by atoms with Crippen LogP contribution in [0.25, 0.3) is 10.9 Å². The standard InChI is InChI=1S/C24H30ClF3N4O3S/c1-31-19-12-17(8-9-18(19)21(25)22(31)14-2-3-14)36(34,35)30-16-6-4-15(5-7-16)23(33)32-11-10-29-20(13-32)24(26,27)28/h8-9,12,14-16,20,29-30H,2-7,10-11,13H2,1H3/t15-,16-,20-/m1/s1. The Labute approximate surface area is 213 Å². The minimum absolute atomic E-state index is 0.101. The van der Waals surface area contributed by atoms with Gasteiger partial charge in [0.15, 0.2) is 0 Å². The lowest BCUT2D eigenvalue weighted by Gasteiger charge is -2.38. The molecule has 1 aromatic heterocycles. The lowest BCUT2D eigenvalue weighted by molar-refractivity contribution is -0.169. The van der Waals surface area contributed by atoms with Crippen LogP contribution in [-0.2, 0) is 21.9 Å². The quantitative estimate of drug-likeness (QED) is 0.596. The van der Waals surface area contributed by atoms with Gasteiger partial charge in [-0.15, -0.1) is 0 Å². The van der Waals surface area contributed by atoms with Crippen LogP contribution in [0.5, 0.6) is 0 Å². The second kappa shape index (κ2) is 9.49. The highest BCUT2D eigenvalue weighted by atomic mass is 35.5. The molecule has 2 heterocycles. The van der Waals surface area contributed by atoms with E-state index in [4.69, 9.17) is 11.6 Å². The van der Waals surface area contributed by atoms with Crippen molar-refractivity contribution in [1.82, 2.24) is 19.5 Å². The van der Waals surface area contributed by atoms with Gasteiger partial charge in [0.1, 0.15) is 6.04 Å². The van der Waals surface area contributed by atoms with E-state index in [0.717, 1.165) is 29.4 Å². The number of carbonyl (C=O) groups is 1. The van der Waals surface area contributed by atoms with Gasteiger partial charge in [0.05, 0.1) is 15.4 Å². The van der Waals surface area contributed by atoms with E-state index in [9.17, 15) is 26.4 Å². The number of rotatable bonds is 5. The number of hydrogen-bond donors (Lipinski definition) is 2. The Morgan fingerprint density at radius 3 is 2.47 bits per heavy atom. The lowest BCUT2D eigenvalue weighted by Crippen LogP contribution is -2.59. The summed E-state index contributed by atoms with van der Waals surface area (Å²) in [5.74, 6) is -0.239. The van der Waals surface area contributed by atoms with Crippen LogP contribution in [-0.4, -0.2) is 61.7 Å². The summed E-state index contributed by atoms with van der Waals surface area (Å²) in [7, 11) is -1.89. The zero-order chi connectivity index (χ0) is 25.8. The van der Waals surface area contributed by atoms with Gasteiger partial charge in [-0.05, 0) is 56.7 Å². The smallest absolute Gasteiger partial charge is 0.346 e. The van der Waals surface area contributed by atoms with Crippen LogP contribution in [0.3, 0.4) is 0 Å². The van der Waals surface area contributed by atoms with E-state index in [2.05, 4.69) is 10.0 Å². The molecule has 12 heteroatoms. The zero-order valence-corrected chi connectivity index (χ0v) is 21.5. The van der Waals surface area contributed by atoms with Gasteiger partial charge in [0.2, 0.25) is 15.9 Å². The number of benzene rings is 1. The van der Waals surface area contributed by atoms with Crippen LogP contribution in [0.15, 0.2) is 23.1 Å². The van der Waals surface area contributed by atoms with Crippen molar-refractivity contribution < 1.29 is 26.4 Å². The van der Waals surface area contributed by atoms with E-state index in [0.29, 0.717) is 36.6 Å². The van der Waals surface area contributed by atoms with Crippen molar-refractivity contribution in [1.29, 1.82) is 0 Å². The maximum Gasteiger partial charge on any atom is 0.405 e. The summed E-state index contributed by atoms with van der Waals surface area (Å²) in [6, 6.07) is 2.90. The molecular formula is C24H30ClF3N4O3S. The van der Waals surface area contributed by atoms with Gasteiger partial charge in [0, 0.05) is 55.6 Å². The van der Waals surface area contributed by atoms with Crippen LogP contribution >= 0.6 is 11.6 Å². The Hall–Kier alpha value is -1.82. The molecule has 0 bridgehead atoms. The number of aromatic nitrogens is 1. The van der Waals surface area contributed by atoms with Gasteiger partial charge >= 0.3 is 6.18 Å². The fourth-order valence-corrected chi connectivity index (χ4v) is 7.31. The number of nitrogens with one attached hydrogen (secondary N) is 2. The fourth-order valence-electron chi connectivity index (χ4n) is 5.54. The first kappa shape index (κ1) is 25.8. The number of alkyl halides is 3. The Morgan fingerprint density at radius 1 is 1.14 bits per heavy atom. The Balaban J connectivity index is 1.22. The molecule has 3 aliphatic rings. The maximum atomic E-state index is 13.1. The van der Waals surface area contributed by atoms with E-state index < -0.39 is 22.2 Å². The van der Waals surface area contributed by atoms with Crippen LogP contribution in [0, 0.1) is 5.92 Å². The molecule has 3 fully saturated rings. The normalized spacial score (nSPS) is 25.9. The van der Waals surface area contributed by atoms with E-state index in [-0.39, 0.29) is 42.4 Å². The average Bonchev–Trinajstić information content (AvgIpc) is 3.64. The summed E-state index contributed by atoms with van der Waals surface area (Å²) in [6.07, 6.45) is -0.461. The van der Waals surface area contributed by atoms with Crippen LogP contribution < -0.4 is 10.0 Å². The summed E-state index contributed by atoms with van der Waals surface area (Å²) in [4.78, 5) is 14.3. The molecule has 1 amide bonds. The topological polar surface area (TPSA) is 83.4 Å². The van der Waals surface area contributed by atoms with Gasteiger partial charge in [-0.2, -0.15) is 13.2 Å². The second-order valence-corrected chi connectivity index (χ2v) is 12.3. The molecule has 2 saturated carbocycles. The maximum absolute atomic E-state index is 13.1. The fraction of sp³-hybridized carbons (Fsp3) is 0.625. The third-order valence-corrected chi connectivity index (χ3v) is 9.62. The first-order chi connectivity index (χ1) is 17.0. The number of sulfonamides is 1. The van der Waals surface area contributed by atoms with Crippen molar-refractivity contribution in [3.8, 4) is 0 Å². The molecule has 1 atom stereocenters. The SMILES string of the molecule is Cn1c(C2CC2)c(Cl)c2ccc(S(=O)(=O)N[C@H]3CC[C@H](C(=O)N4CCN[C@@H](C(F)(F)F)C4)CC3)cc21. The van der Waals surface area contributed by atoms with Gasteiger partial charge in [0.25, 0.3) is 0 Å². The van der Waals surface area contributed by atoms with Gasteiger partial charge in [-0.25, -0.2) is 13.1 Å². The van der Waals surface area contributed by atoms with Crippen molar-refractivity contribution in [3.05, 3.63) is 28.9 Å². The van der Waals surface area contributed by atoms with Gasteiger partial charge in [-0.3, -0.25) is 4.79 Å². The van der Waals surface area contributed by atoms with Crippen molar-refractivity contribution in [2.45, 2.75) is 67.6 Å². The van der Waals surface area contributed by atoms with Crippen molar-refractivity contribution in [2.24, 2.45) is 13.0 Å². The molecule has 7 nitrogen and oxygen atoms in total. The Kier molecular flexibility index (Phi) is 6.80. The number of amides is 1. The summed E-state index contributed by atoms with van der Waals surface area (Å²) >= 11 is 6.57. The molecular weight excluding hydrogens is 517 g/mol. The molecule has 198 valence electrons. The summed E-state index contributed by atoms with van der Waals surface area (Å²) in [5.41, 5.74) is 1.82. The number of piperazine rings is 1. The molecule has 36 heavy (non-hydrogen) atoms. The molecule has 1 aromatic carbocycles. The largest absolute Gasteiger partial charge is 0.405 e. The number of fused-ring (bicyclic) bond motifs is 1. The molecule has 5 rings (SSSR count). The van der Waals surface area contributed by atoms with E-state index in [1.54, 1.807) is 18.2 Å². The highest BCUT2D eigenvalue weighted by Crippen LogP contribution is 2.46.